The molecule has 1 aliphatic heterocycles. The molecule has 4 aromatic rings. The topological polar surface area (TPSA) is 76.8 Å². The summed E-state index contributed by atoms with van der Waals surface area (Å²) in [5.74, 6) is -4.13. The summed E-state index contributed by atoms with van der Waals surface area (Å²) in [7, 11) is 0. The van der Waals surface area contributed by atoms with Gasteiger partial charge >= 0.3 is 5.56 Å². The zero-order chi connectivity index (χ0) is 33.6. The molecule has 0 unspecified atom stereocenters. The number of carbonyl (C=O) groups is 1. The van der Waals surface area contributed by atoms with Crippen molar-refractivity contribution in [1.29, 1.82) is 0 Å². The number of aromatic nitrogens is 2. The molecular formula is C35H34F3N5O3. The zero-order valence-corrected chi connectivity index (χ0v) is 26.3. The van der Waals surface area contributed by atoms with Crippen LogP contribution in [0.2, 0.25) is 0 Å². The molecule has 0 aliphatic carbocycles. The number of para-hydroxylation sites is 1. The fraction of sp³-hybridized carbons (Fsp3) is 0.314. The van der Waals surface area contributed by atoms with Crippen molar-refractivity contribution in [2.45, 2.75) is 52.5 Å². The Hall–Kier alpha value is -5.11. The Morgan fingerprint density at radius 3 is 2.13 bits per heavy atom. The van der Waals surface area contributed by atoms with E-state index in [1.54, 1.807) is 16.7 Å². The van der Waals surface area contributed by atoms with E-state index in [2.05, 4.69) is 11.4 Å². The summed E-state index contributed by atoms with van der Waals surface area (Å²) in [4.78, 5) is 33.9. The van der Waals surface area contributed by atoms with Crippen LogP contribution in [0.1, 0.15) is 57.6 Å². The monoisotopic (exact) mass is 629 g/mol. The minimum Gasteiger partial charge on any atom is -0.710 e. The van der Waals surface area contributed by atoms with Gasteiger partial charge in [-0.25, -0.2) is 22.7 Å². The summed E-state index contributed by atoms with van der Waals surface area (Å²) < 4.78 is 47.5. The van der Waals surface area contributed by atoms with Crippen molar-refractivity contribution in [3.05, 3.63) is 111 Å². The number of piperazine rings is 1. The van der Waals surface area contributed by atoms with Crippen molar-refractivity contribution >= 4 is 28.3 Å². The Labute approximate surface area is 265 Å². The lowest BCUT2D eigenvalue weighted by Gasteiger charge is -2.41. The third-order valence-corrected chi connectivity index (χ3v) is 8.51. The minimum atomic E-state index is -1.23. The Balaban J connectivity index is 2.00. The lowest BCUT2D eigenvalue weighted by molar-refractivity contribution is -0.569. The van der Waals surface area contributed by atoms with Crippen LogP contribution in [-0.2, 0) is 4.79 Å². The minimum absolute atomic E-state index is 0.0154. The molecule has 1 fully saturated rings. The highest BCUT2D eigenvalue weighted by molar-refractivity contribution is 5.98. The van der Waals surface area contributed by atoms with E-state index in [4.69, 9.17) is 6.57 Å². The van der Waals surface area contributed by atoms with Crippen LogP contribution in [0.15, 0.2) is 59.9 Å². The van der Waals surface area contributed by atoms with Crippen LogP contribution in [0.25, 0.3) is 32.8 Å². The standard InChI is InChI=1S/C35H34F3N5O3/c1-8-28(44)40-15-16-41(21(6)18-40)32-24-17-27(38)33(29-25(36)13-10-14-26(29)37)43(46)34(24)42(35(45)30(32)39-7)31-22(19(2)3)11-9-12-23(31)20(4)5/h8-14,17,19-21H,1,15-16,18H2,2-6H3/t21-/m0/s1. The number of pyridine rings is 2. The van der Waals surface area contributed by atoms with E-state index in [0.29, 0.717) is 16.8 Å². The molecule has 2 aromatic heterocycles. The van der Waals surface area contributed by atoms with E-state index in [1.165, 1.54) is 6.08 Å². The smallest absolute Gasteiger partial charge is 0.348 e. The summed E-state index contributed by atoms with van der Waals surface area (Å²) in [5, 5.41) is 14.4. The maximum atomic E-state index is 16.2. The van der Waals surface area contributed by atoms with Gasteiger partial charge in [0, 0.05) is 36.8 Å². The summed E-state index contributed by atoms with van der Waals surface area (Å²) in [6.07, 6.45) is 1.20. The van der Waals surface area contributed by atoms with Crippen LogP contribution in [0.4, 0.5) is 24.5 Å². The summed E-state index contributed by atoms with van der Waals surface area (Å²) >= 11 is 0. The molecule has 5 rings (SSSR count). The fourth-order valence-electron chi connectivity index (χ4n) is 6.32. The Morgan fingerprint density at radius 1 is 1.02 bits per heavy atom. The molecular weight excluding hydrogens is 595 g/mol. The lowest BCUT2D eigenvalue weighted by atomic mass is 9.92. The summed E-state index contributed by atoms with van der Waals surface area (Å²) in [5.41, 5.74) is -1.62. The normalized spacial score (nSPS) is 15.1. The maximum absolute atomic E-state index is 16.2. The first kappa shape index (κ1) is 32.3. The molecule has 8 nitrogen and oxygen atoms in total. The van der Waals surface area contributed by atoms with E-state index >= 15 is 13.2 Å². The van der Waals surface area contributed by atoms with Crippen LogP contribution >= 0.6 is 0 Å². The van der Waals surface area contributed by atoms with Gasteiger partial charge in [-0.15, -0.1) is 0 Å². The van der Waals surface area contributed by atoms with Crippen LogP contribution in [0, 0.1) is 29.2 Å². The van der Waals surface area contributed by atoms with Crippen molar-refractivity contribution in [2.24, 2.45) is 0 Å². The van der Waals surface area contributed by atoms with Crippen LogP contribution in [0.3, 0.4) is 0 Å². The van der Waals surface area contributed by atoms with Gasteiger partial charge in [0.1, 0.15) is 17.3 Å². The van der Waals surface area contributed by atoms with E-state index in [-0.39, 0.29) is 64.5 Å². The number of anilines is 1. The van der Waals surface area contributed by atoms with Gasteiger partial charge in [0.2, 0.25) is 5.91 Å². The summed E-state index contributed by atoms with van der Waals surface area (Å²) in [6.45, 7) is 21.7. The van der Waals surface area contributed by atoms with Gasteiger partial charge in [-0.1, -0.05) is 58.5 Å². The van der Waals surface area contributed by atoms with Crippen molar-refractivity contribution in [3.8, 4) is 16.9 Å². The Bertz CT molecular complexity index is 1950. The molecule has 0 bridgehead atoms. The van der Waals surface area contributed by atoms with E-state index in [9.17, 15) is 14.8 Å². The third-order valence-electron chi connectivity index (χ3n) is 8.51. The number of carbonyl (C=O) groups excluding carboxylic acids is 1. The SMILES string of the molecule is [C-]#[N+]c1c(N2CCN(C(=O)C=C)C[C@@H]2C)c2cc(F)c(-c3c(F)cccc3F)[n+]([O-])c2n(-c2c(C(C)C)cccc2C(C)C)c1=O. The zero-order valence-electron chi connectivity index (χ0n) is 26.3. The van der Waals surface area contributed by atoms with Gasteiger partial charge in [-0.3, -0.25) is 9.59 Å². The van der Waals surface area contributed by atoms with E-state index in [0.717, 1.165) is 28.8 Å². The van der Waals surface area contributed by atoms with Crippen LogP contribution < -0.4 is 15.2 Å². The van der Waals surface area contributed by atoms with Crippen molar-refractivity contribution in [1.82, 2.24) is 9.47 Å². The average Bonchev–Trinajstić information content (AvgIpc) is 3.01. The number of fused-ring (bicyclic) bond motifs is 1. The summed E-state index contributed by atoms with van der Waals surface area (Å²) in [6, 6.07) is 8.89. The second-order valence-electron chi connectivity index (χ2n) is 12.0. The third kappa shape index (κ3) is 5.17. The second-order valence-corrected chi connectivity index (χ2v) is 12.0. The number of benzene rings is 2. The molecule has 1 atom stereocenters. The highest BCUT2D eigenvalue weighted by Crippen LogP contribution is 2.40. The number of hydrogen-bond donors (Lipinski definition) is 0. The molecule has 238 valence electrons. The van der Waals surface area contributed by atoms with Gasteiger partial charge in [0.15, 0.2) is 11.5 Å². The number of halogens is 3. The molecule has 0 N–H and O–H groups in total. The van der Waals surface area contributed by atoms with Crippen molar-refractivity contribution in [2.75, 3.05) is 24.5 Å². The predicted octanol–water partition coefficient (Wildman–Crippen LogP) is 6.73. The molecule has 1 aliphatic rings. The molecule has 0 spiro atoms. The maximum Gasteiger partial charge on any atom is 0.348 e. The van der Waals surface area contributed by atoms with Gasteiger partial charge in [0.25, 0.3) is 11.3 Å². The molecule has 1 amide bonds. The van der Waals surface area contributed by atoms with Crippen LogP contribution in [0.5, 0.6) is 0 Å². The molecule has 0 saturated carbocycles. The quantitative estimate of drug-likeness (QED) is 0.103. The Morgan fingerprint density at radius 2 is 1.61 bits per heavy atom. The predicted molar refractivity (Wildman–Crippen MR) is 172 cm³/mol. The highest BCUT2D eigenvalue weighted by Gasteiger charge is 2.37. The first-order valence-corrected chi connectivity index (χ1v) is 15.0. The fourth-order valence-corrected chi connectivity index (χ4v) is 6.32. The Kier molecular flexibility index (Phi) is 8.67. The largest absolute Gasteiger partial charge is 0.710 e. The van der Waals surface area contributed by atoms with Gasteiger partial charge < -0.3 is 15.0 Å². The van der Waals surface area contributed by atoms with Gasteiger partial charge in [0.05, 0.1) is 23.2 Å². The number of amides is 1. The number of rotatable bonds is 6. The van der Waals surface area contributed by atoms with E-state index < -0.39 is 40.3 Å². The molecule has 0 radical (unpaired) electrons. The van der Waals surface area contributed by atoms with Gasteiger partial charge in [-0.05, 0) is 43.0 Å². The van der Waals surface area contributed by atoms with Gasteiger partial charge in [-0.2, -0.15) is 4.57 Å². The van der Waals surface area contributed by atoms with Crippen LogP contribution in [-0.4, -0.2) is 41.1 Å². The molecule has 11 heteroatoms. The van der Waals surface area contributed by atoms with Crippen molar-refractivity contribution in [3.63, 3.8) is 0 Å². The second kappa shape index (κ2) is 12.4. The number of hydrogen-bond acceptors (Lipinski definition) is 4. The highest BCUT2D eigenvalue weighted by atomic mass is 19.1. The van der Waals surface area contributed by atoms with E-state index in [1.807, 2.05) is 45.9 Å². The average molecular weight is 630 g/mol. The first-order valence-electron chi connectivity index (χ1n) is 15.0. The first-order chi connectivity index (χ1) is 21.8. The molecule has 46 heavy (non-hydrogen) atoms. The molecule has 3 heterocycles. The van der Waals surface area contributed by atoms with Crippen molar-refractivity contribution < 1.29 is 22.7 Å². The molecule has 1 saturated heterocycles. The molecule has 2 aromatic carbocycles. The lowest BCUT2D eigenvalue weighted by Crippen LogP contribution is -2.54. The number of nitrogens with zero attached hydrogens (tertiary/aromatic N) is 5.